The number of hydrogen-bond donors (Lipinski definition) is 1. The molecule has 0 aliphatic rings. The summed E-state index contributed by atoms with van der Waals surface area (Å²) in [6.45, 7) is 5.84. The molecule has 5 heteroatoms. The van der Waals surface area contributed by atoms with Crippen LogP contribution in [0.1, 0.15) is 27.6 Å². The Morgan fingerprint density at radius 1 is 1.28 bits per heavy atom. The molecule has 0 saturated carbocycles. The SMILES string of the molecule is Cc1ccc(C(=O)Cn2nc(C)[n+](N)c2C)cc1. The standard InChI is InChI=1S/C13H17N4O/c1-9-4-6-12(7-5-9)13(18)8-16-11(3)17(14)10(2)15-16/h4-7H,8,14H2,1-3H3/q+1. The van der Waals surface area contributed by atoms with E-state index in [1.807, 2.05) is 38.1 Å². The van der Waals surface area contributed by atoms with Crippen LogP contribution < -0.4 is 10.5 Å². The summed E-state index contributed by atoms with van der Waals surface area (Å²) in [5.74, 6) is 7.23. The van der Waals surface area contributed by atoms with E-state index in [1.54, 1.807) is 11.6 Å². The third kappa shape index (κ3) is 2.25. The molecule has 1 aromatic heterocycles. The van der Waals surface area contributed by atoms with Crippen molar-refractivity contribution in [2.45, 2.75) is 27.3 Å². The Morgan fingerprint density at radius 2 is 1.89 bits per heavy atom. The minimum atomic E-state index is 0.0289. The lowest BCUT2D eigenvalue weighted by molar-refractivity contribution is -0.652. The topological polar surface area (TPSA) is 64.8 Å². The lowest BCUT2D eigenvalue weighted by atomic mass is 10.1. The van der Waals surface area contributed by atoms with Crippen LogP contribution in [0.5, 0.6) is 0 Å². The summed E-state index contributed by atoms with van der Waals surface area (Å²) >= 11 is 0. The molecule has 2 aromatic rings. The van der Waals surface area contributed by atoms with Gasteiger partial charge in [-0.15, -0.1) is 9.36 Å². The number of nitrogen functional groups attached to an aromatic ring is 1. The molecule has 0 amide bonds. The molecule has 0 spiro atoms. The zero-order chi connectivity index (χ0) is 13.3. The van der Waals surface area contributed by atoms with Crippen molar-refractivity contribution in [3.63, 3.8) is 0 Å². The first-order chi connectivity index (χ1) is 8.49. The van der Waals surface area contributed by atoms with Gasteiger partial charge in [-0.25, -0.2) is 0 Å². The van der Waals surface area contributed by atoms with Crippen molar-refractivity contribution in [1.29, 1.82) is 0 Å². The second-order valence-electron chi connectivity index (χ2n) is 4.41. The number of aryl methyl sites for hydroxylation is 2. The molecular weight excluding hydrogens is 228 g/mol. The van der Waals surface area contributed by atoms with E-state index in [9.17, 15) is 4.79 Å². The van der Waals surface area contributed by atoms with Crippen LogP contribution in [0.15, 0.2) is 24.3 Å². The number of hydrogen-bond acceptors (Lipinski definition) is 3. The second-order valence-corrected chi connectivity index (χ2v) is 4.41. The summed E-state index contributed by atoms with van der Waals surface area (Å²) in [4.78, 5) is 12.1. The molecule has 0 fully saturated rings. The number of carbonyl (C=O) groups excluding carboxylic acids is 1. The molecule has 18 heavy (non-hydrogen) atoms. The quantitative estimate of drug-likeness (QED) is 0.491. The highest BCUT2D eigenvalue weighted by molar-refractivity contribution is 5.95. The second kappa shape index (κ2) is 4.60. The molecule has 5 nitrogen and oxygen atoms in total. The van der Waals surface area contributed by atoms with Gasteiger partial charge in [-0.2, -0.15) is 0 Å². The van der Waals surface area contributed by atoms with Crippen LogP contribution in [0, 0.1) is 20.8 Å². The van der Waals surface area contributed by atoms with Crippen LogP contribution in [0.2, 0.25) is 0 Å². The van der Waals surface area contributed by atoms with Crippen molar-refractivity contribution in [3.8, 4) is 0 Å². The third-order valence-corrected chi connectivity index (χ3v) is 3.00. The number of nitrogens with zero attached hydrogens (tertiary/aromatic N) is 3. The van der Waals surface area contributed by atoms with Gasteiger partial charge in [0.15, 0.2) is 12.3 Å². The Kier molecular flexibility index (Phi) is 3.14. The zero-order valence-corrected chi connectivity index (χ0v) is 10.8. The molecular formula is C13H17N4O+. The summed E-state index contributed by atoms with van der Waals surface area (Å²) < 4.78 is 3.10. The third-order valence-electron chi connectivity index (χ3n) is 3.00. The van der Waals surface area contributed by atoms with Gasteiger partial charge in [0.1, 0.15) is 0 Å². The molecule has 1 aromatic carbocycles. The van der Waals surface area contributed by atoms with E-state index in [4.69, 9.17) is 5.84 Å². The average molecular weight is 245 g/mol. The van der Waals surface area contributed by atoms with Gasteiger partial charge < -0.3 is 0 Å². The molecule has 0 aliphatic heterocycles. The summed E-state index contributed by atoms with van der Waals surface area (Å²) in [6, 6.07) is 7.52. The maximum atomic E-state index is 12.1. The Hall–Kier alpha value is -2.17. The van der Waals surface area contributed by atoms with Gasteiger partial charge in [0.25, 0.3) is 11.6 Å². The maximum Gasteiger partial charge on any atom is 0.295 e. The van der Waals surface area contributed by atoms with Crippen LogP contribution in [0.4, 0.5) is 0 Å². The molecule has 0 unspecified atom stereocenters. The Bertz CT molecular complexity index is 584. The first kappa shape index (κ1) is 12.3. The molecule has 0 radical (unpaired) electrons. The summed E-state index contributed by atoms with van der Waals surface area (Å²) in [7, 11) is 0. The lowest BCUT2D eigenvalue weighted by Crippen LogP contribution is -2.48. The molecule has 0 aliphatic carbocycles. The van der Waals surface area contributed by atoms with E-state index in [0.29, 0.717) is 11.4 Å². The van der Waals surface area contributed by atoms with Gasteiger partial charge in [0.05, 0.1) is 0 Å². The molecule has 2 N–H and O–H groups in total. The number of nitrogens with two attached hydrogens (primary N) is 1. The van der Waals surface area contributed by atoms with Crippen molar-refractivity contribution in [1.82, 2.24) is 9.78 Å². The van der Waals surface area contributed by atoms with Crippen LogP contribution in [-0.2, 0) is 6.54 Å². The van der Waals surface area contributed by atoms with Gasteiger partial charge in [-0.05, 0) is 6.92 Å². The van der Waals surface area contributed by atoms with Crippen molar-refractivity contribution in [3.05, 3.63) is 47.0 Å². The fraction of sp³-hybridized carbons (Fsp3) is 0.308. The van der Waals surface area contributed by atoms with Crippen LogP contribution in [-0.4, -0.2) is 15.6 Å². The number of carbonyl (C=O) groups is 1. The van der Waals surface area contributed by atoms with Gasteiger partial charge >= 0.3 is 0 Å². The largest absolute Gasteiger partial charge is 0.295 e. The van der Waals surface area contributed by atoms with Crippen molar-refractivity contribution in [2.24, 2.45) is 0 Å². The summed E-state index contributed by atoms with van der Waals surface area (Å²) in [6.07, 6.45) is 0. The number of Topliss-reactive ketones (excluding diaryl/α,β-unsaturated/α-hetero) is 1. The van der Waals surface area contributed by atoms with E-state index in [-0.39, 0.29) is 12.3 Å². The van der Waals surface area contributed by atoms with E-state index in [1.165, 1.54) is 4.68 Å². The number of ketones is 1. The number of benzene rings is 1. The average Bonchev–Trinajstić information content (AvgIpc) is 2.58. The molecule has 0 bridgehead atoms. The zero-order valence-electron chi connectivity index (χ0n) is 10.8. The molecule has 0 atom stereocenters. The van der Waals surface area contributed by atoms with Gasteiger partial charge in [0.2, 0.25) is 0 Å². The molecule has 2 rings (SSSR count). The van der Waals surface area contributed by atoms with Gasteiger partial charge in [-0.3, -0.25) is 10.6 Å². The fourth-order valence-electron chi connectivity index (χ4n) is 1.77. The molecule has 1 heterocycles. The molecule has 94 valence electrons. The smallest absolute Gasteiger partial charge is 0.290 e. The predicted molar refractivity (Wildman–Crippen MR) is 67.6 cm³/mol. The molecule has 0 saturated heterocycles. The lowest BCUT2D eigenvalue weighted by Gasteiger charge is -1.99. The van der Waals surface area contributed by atoms with Crippen molar-refractivity contribution >= 4 is 5.78 Å². The van der Waals surface area contributed by atoms with Gasteiger partial charge in [-0.1, -0.05) is 29.8 Å². The van der Waals surface area contributed by atoms with E-state index >= 15 is 0 Å². The summed E-state index contributed by atoms with van der Waals surface area (Å²) in [5.41, 5.74) is 1.83. The van der Waals surface area contributed by atoms with Crippen LogP contribution in [0.25, 0.3) is 0 Å². The van der Waals surface area contributed by atoms with Crippen LogP contribution >= 0.6 is 0 Å². The maximum absolute atomic E-state index is 12.1. The first-order valence-electron chi connectivity index (χ1n) is 5.80. The van der Waals surface area contributed by atoms with Gasteiger partial charge in [0, 0.05) is 24.5 Å². The highest BCUT2D eigenvalue weighted by atomic mass is 16.1. The Labute approximate surface area is 106 Å². The van der Waals surface area contributed by atoms with E-state index in [0.717, 1.165) is 11.4 Å². The van der Waals surface area contributed by atoms with Crippen LogP contribution in [0.3, 0.4) is 0 Å². The number of aromatic nitrogens is 3. The predicted octanol–water partition coefficient (Wildman–Crippen LogP) is 0.693. The van der Waals surface area contributed by atoms with E-state index in [2.05, 4.69) is 5.10 Å². The highest BCUT2D eigenvalue weighted by Gasteiger charge is 2.20. The minimum absolute atomic E-state index is 0.0289. The van der Waals surface area contributed by atoms with Crippen molar-refractivity contribution < 1.29 is 9.47 Å². The normalized spacial score (nSPS) is 10.6. The fourth-order valence-corrected chi connectivity index (χ4v) is 1.77. The first-order valence-corrected chi connectivity index (χ1v) is 5.80. The Morgan fingerprint density at radius 3 is 2.39 bits per heavy atom. The minimum Gasteiger partial charge on any atom is -0.290 e. The summed E-state index contributed by atoms with van der Waals surface area (Å²) in [5, 5.41) is 4.23. The van der Waals surface area contributed by atoms with E-state index < -0.39 is 0 Å². The number of rotatable bonds is 3. The highest BCUT2D eigenvalue weighted by Crippen LogP contribution is 2.05. The van der Waals surface area contributed by atoms with Crippen molar-refractivity contribution in [2.75, 3.05) is 5.84 Å². The monoisotopic (exact) mass is 245 g/mol. The Balaban J connectivity index is 2.21.